The highest BCUT2D eigenvalue weighted by molar-refractivity contribution is 7.12. The predicted molar refractivity (Wildman–Crippen MR) is 135 cm³/mol. The van der Waals surface area contributed by atoms with Crippen LogP contribution in [-0.2, 0) is 4.74 Å². The molecule has 178 valence electrons. The number of benzene rings is 1. The number of piperazine rings is 1. The van der Waals surface area contributed by atoms with Crippen molar-refractivity contribution in [1.29, 1.82) is 0 Å². The number of carbonyl (C=O) groups excluding carboxylic acids is 2. The number of rotatable bonds is 5. The minimum atomic E-state index is -0.647. The maximum absolute atomic E-state index is 13.1. The smallest absolute Gasteiger partial charge is 0.412 e. The van der Waals surface area contributed by atoms with Gasteiger partial charge in [-0.1, -0.05) is 6.07 Å². The summed E-state index contributed by atoms with van der Waals surface area (Å²) in [6, 6.07) is 9.17. The van der Waals surface area contributed by atoms with E-state index in [-0.39, 0.29) is 5.91 Å². The van der Waals surface area contributed by atoms with Crippen LogP contribution in [0.15, 0.2) is 48.1 Å². The van der Waals surface area contributed by atoms with Gasteiger partial charge in [0.25, 0.3) is 5.91 Å². The average molecular weight is 481 g/mol. The number of aromatic nitrogens is 2. The molecular formula is C24H28N6O3S. The molecule has 3 aromatic rings. The summed E-state index contributed by atoms with van der Waals surface area (Å²) in [5.74, 6) is 0.458. The number of ether oxygens (including phenoxy) is 1. The summed E-state index contributed by atoms with van der Waals surface area (Å²) in [4.78, 5) is 36.2. The van der Waals surface area contributed by atoms with Gasteiger partial charge in [0.05, 0.1) is 11.4 Å². The van der Waals surface area contributed by atoms with Gasteiger partial charge in [-0.05, 0) is 56.2 Å². The highest BCUT2D eigenvalue weighted by atomic mass is 32.1. The van der Waals surface area contributed by atoms with Crippen molar-refractivity contribution in [2.45, 2.75) is 26.4 Å². The summed E-state index contributed by atoms with van der Waals surface area (Å²) >= 11 is 1.29. The first-order valence-corrected chi connectivity index (χ1v) is 11.9. The van der Waals surface area contributed by atoms with Gasteiger partial charge in [-0.2, -0.15) is 0 Å². The van der Waals surface area contributed by atoms with Crippen LogP contribution in [0.4, 0.5) is 22.0 Å². The lowest BCUT2D eigenvalue weighted by molar-refractivity contribution is 0.0635. The zero-order valence-electron chi connectivity index (χ0n) is 19.4. The lowest BCUT2D eigenvalue weighted by Gasteiger charge is -2.27. The van der Waals surface area contributed by atoms with Crippen molar-refractivity contribution in [2.24, 2.45) is 0 Å². The lowest BCUT2D eigenvalue weighted by atomic mass is 10.1. The van der Waals surface area contributed by atoms with Gasteiger partial charge in [-0.3, -0.25) is 15.1 Å². The number of hydrogen-bond donors (Lipinski definition) is 3. The van der Waals surface area contributed by atoms with Crippen LogP contribution < -0.4 is 20.9 Å². The number of anilines is 3. The molecule has 0 aliphatic carbocycles. The van der Waals surface area contributed by atoms with Crippen molar-refractivity contribution in [3.05, 3.63) is 53.1 Å². The molecule has 2 amide bonds. The normalized spacial score (nSPS) is 13.9. The Balaban J connectivity index is 1.58. The molecule has 1 aromatic carbocycles. The summed E-state index contributed by atoms with van der Waals surface area (Å²) in [6.45, 7) is 8.85. The first-order chi connectivity index (χ1) is 16.3. The van der Waals surface area contributed by atoms with Crippen molar-refractivity contribution in [2.75, 3.05) is 41.7 Å². The van der Waals surface area contributed by atoms with Crippen molar-refractivity contribution >= 4 is 40.5 Å². The van der Waals surface area contributed by atoms with Crippen LogP contribution in [0.1, 0.15) is 30.6 Å². The van der Waals surface area contributed by atoms with Gasteiger partial charge in [0.2, 0.25) is 0 Å². The molecule has 0 saturated carbocycles. The molecule has 10 heteroatoms. The maximum Gasteiger partial charge on any atom is 0.412 e. The molecule has 0 atom stereocenters. The topological polar surface area (TPSA) is 108 Å². The van der Waals surface area contributed by atoms with Crippen LogP contribution >= 0.6 is 11.3 Å². The van der Waals surface area contributed by atoms with E-state index < -0.39 is 11.7 Å². The minimum Gasteiger partial charge on any atom is -0.444 e. The van der Waals surface area contributed by atoms with Crippen LogP contribution in [0.2, 0.25) is 0 Å². The van der Waals surface area contributed by atoms with Gasteiger partial charge in [0.15, 0.2) is 5.01 Å². The van der Waals surface area contributed by atoms with Crippen molar-refractivity contribution < 1.29 is 14.3 Å². The van der Waals surface area contributed by atoms with E-state index in [1.54, 1.807) is 39.2 Å². The Bertz CT molecular complexity index is 1150. The number of thiazole rings is 1. The third kappa shape index (κ3) is 6.09. The highest BCUT2D eigenvalue weighted by Gasteiger charge is 2.20. The Kier molecular flexibility index (Phi) is 7.09. The van der Waals surface area contributed by atoms with E-state index in [9.17, 15) is 9.59 Å². The minimum absolute atomic E-state index is 0.342. The van der Waals surface area contributed by atoms with Gasteiger partial charge in [-0.15, -0.1) is 11.3 Å². The van der Waals surface area contributed by atoms with E-state index in [1.807, 2.05) is 29.6 Å². The van der Waals surface area contributed by atoms with Crippen LogP contribution in [-0.4, -0.2) is 53.7 Å². The van der Waals surface area contributed by atoms with Crippen molar-refractivity contribution in [3.8, 4) is 11.1 Å². The first-order valence-electron chi connectivity index (χ1n) is 11.1. The fraction of sp³-hybridized carbons (Fsp3) is 0.333. The van der Waals surface area contributed by atoms with Crippen LogP contribution in [0.3, 0.4) is 0 Å². The molecule has 1 fully saturated rings. The Morgan fingerprint density at radius 1 is 1.03 bits per heavy atom. The molecule has 0 radical (unpaired) electrons. The third-order valence-corrected chi connectivity index (χ3v) is 5.87. The Morgan fingerprint density at radius 2 is 1.76 bits per heavy atom. The van der Waals surface area contributed by atoms with E-state index in [2.05, 4.69) is 30.8 Å². The summed E-state index contributed by atoms with van der Waals surface area (Å²) in [5, 5.41) is 11.2. The quantitative estimate of drug-likeness (QED) is 0.502. The predicted octanol–water partition coefficient (Wildman–Crippen LogP) is 4.21. The summed E-state index contributed by atoms with van der Waals surface area (Å²) < 4.78 is 5.38. The fourth-order valence-corrected chi connectivity index (χ4v) is 4.20. The molecule has 1 aliphatic heterocycles. The highest BCUT2D eigenvalue weighted by Crippen LogP contribution is 2.30. The van der Waals surface area contributed by atoms with Gasteiger partial charge in [0.1, 0.15) is 11.4 Å². The van der Waals surface area contributed by atoms with E-state index >= 15 is 0 Å². The van der Waals surface area contributed by atoms with Crippen molar-refractivity contribution in [3.63, 3.8) is 0 Å². The van der Waals surface area contributed by atoms with Gasteiger partial charge in [0, 0.05) is 44.0 Å². The zero-order chi connectivity index (χ0) is 24.1. The second-order valence-electron chi connectivity index (χ2n) is 8.83. The van der Waals surface area contributed by atoms with Gasteiger partial charge < -0.3 is 20.3 Å². The Labute approximate surface area is 202 Å². The van der Waals surface area contributed by atoms with E-state index in [0.717, 1.165) is 43.1 Å². The standard InChI is InChI=1S/C24H28N6O3S/c1-24(2,3)33-23(32)28-18-5-4-17(16-6-8-25-9-7-16)14-19(18)27-21(31)22-29-20(15-34-22)30-12-10-26-11-13-30/h4-9,14-15,26H,10-13H2,1-3H3,(H,27,31)(H,28,32). The van der Waals surface area contributed by atoms with Gasteiger partial charge in [-0.25, -0.2) is 9.78 Å². The summed E-state index contributed by atoms with van der Waals surface area (Å²) in [5.41, 5.74) is 2.03. The largest absolute Gasteiger partial charge is 0.444 e. The number of amides is 2. The number of hydrogen-bond acceptors (Lipinski definition) is 8. The molecule has 0 bridgehead atoms. The number of nitrogens with one attached hydrogen (secondary N) is 3. The van der Waals surface area contributed by atoms with E-state index in [1.165, 1.54) is 11.3 Å². The van der Waals surface area contributed by atoms with Crippen LogP contribution in [0.5, 0.6) is 0 Å². The Morgan fingerprint density at radius 3 is 2.47 bits per heavy atom. The molecular weight excluding hydrogens is 452 g/mol. The maximum atomic E-state index is 13.1. The SMILES string of the molecule is CC(C)(C)OC(=O)Nc1ccc(-c2ccncc2)cc1NC(=O)c1nc(N2CCNCC2)cs1. The van der Waals surface area contributed by atoms with Crippen LogP contribution in [0, 0.1) is 0 Å². The molecule has 2 aromatic heterocycles. The average Bonchev–Trinajstić information content (AvgIpc) is 3.31. The Hall–Kier alpha value is -3.50. The van der Waals surface area contributed by atoms with E-state index in [0.29, 0.717) is 16.4 Å². The number of carbonyl (C=O) groups is 2. The second-order valence-corrected chi connectivity index (χ2v) is 9.68. The monoisotopic (exact) mass is 480 g/mol. The number of nitrogens with zero attached hydrogens (tertiary/aromatic N) is 3. The summed E-state index contributed by atoms with van der Waals surface area (Å²) in [6.07, 6.45) is 2.80. The van der Waals surface area contributed by atoms with Crippen LogP contribution in [0.25, 0.3) is 11.1 Å². The molecule has 0 spiro atoms. The molecule has 3 N–H and O–H groups in total. The fourth-order valence-electron chi connectivity index (χ4n) is 3.48. The molecule has 1 aliphatic rings. The molecule has 4 rings (SSSR count). The summed E-state index contributed by atoms with van der Waals surface area (Å²) in [7, 11) is 0. The van der Waals surface area contributed by atoms with Gasteiger partial charge >= 0.3 is 6.09 Å². The number of pyridine rings is 1. The second kappa shape index (κ2) is 10.2. The lowest BCUT2D eigenvalue weighted by Crippen LogP contribution is -2.43. The molecule has 3 heterocycles. The molecule has 9 nitrogen and oxygen atoms in total. The molecule has 0 unspecified atom stereocenters. The third-order valence-electron chi connectivity index (χ3n) is 5.04. The molecule has 1 saturated heterocycles. The van der Waals surface area contributed by atoms with Crippen molar-refractivity contribution in [1.82, 2.24) is 15.3 Å². The molecule has 34 heavy (non-hydrogen) atoms. The first kappa shape index (κ1) is 23.7. The zero-order valence-corrected chi connectivity index (χ0v) is 20.2. The van der Waals surface area contributed by atoms with E-state index in [4.69, 9.17) is 4.74 Å².